The molecule has 1 atom stereocenters. The maximum atomic E-state index is 12.4. The van der Waals surface area contributed by atoms with Crippen molar-refractivity contribution in [3.05, 3.63) is 0 Å². The minimum atomic E-state index is 0.121. The minimum Gasteiger partial charge on any atom is -0.392 e. The van der Waals surface area contributed by atoms with Gasteiger partial charge in [0.2, 0.25) is 5.91 Å². The van der Waals surface area contributed by atoms with E-state index in [2.05, 4.69) is 4.90 Å². The molecule has 0 aliphatic carbocycles. The lowest BCUT2D eigenvalue weighted by Crippen LogP contribution is -2.55. The fourth-order valence-corrected chi connectivity index (χ4v) is 2.86. The van der Waals surface area contributed by atoms with Crippen molar-refractivity contribution >= 4 is 23.1 Å². The van der Waals surface area contributed by atoms with E-state index in [0.29, 0.717) is 10.9 Å². The van der Waals surface area contributed by atoms with E-state index in [1.54, 1.807) is 0 Å². The van der Waals surface area contributed by atoms with E-state index < -0.39 is 0 Å². The first kappa shape index (κ1) is 14.7. The lowest BCUT2D eigenvalue weighted by Gasteiger charge is -2.39. The van der Waals surface area contributed by atoms with E-state index in [0.717, 1.165) is 52.2 Å². The lowest BCUT2D eigenvalue weighted by atomic mass is 9.98. The minimum absolute atomic E-state index is 0.121. The molecule has 0 aromatic rings. The second-order valence-electron chi connectivity index (χ2n) is 5.33. The second-order valence-corrected chi connectivity index (χ2v) is 5.80. The van der Waals surface area contributed by atoms with Gasteiger partial charge in [0.1, 0.15) is 0 Å². The van der Waals surface area contributed by atoms with Crippen molar-refractivity contribution in [2.24, 2.45) is 11.7 Å². The Balaban J connectivity index is 1.82. The van der Waals surface area contributed by atoms with E-state index in [1.807, 2.05) is 11.8 Å². The molecule has 2 N–H and O–H groups in total. The number of nitrogens with zero attached hydrogens (tertiary/aromatic N) is 2. The number of carbonyl (C=O) groups is 1. The summed E-state index contributed by atoms with van der Waals surface area (Å²) in [5.41, 5.74) is 5.67. The zero-order chi connectivity index (χ0) is 13.8. The first-order valence-electron chi connectivity index (χ1n) is 6.99. The van der Waals surface area contributed by atoms with Crippen LogP contribution in [0.1, 0.15) is 19.8 Å². The summed E-state index contributed by atoms with van der Waals surface area (Å²) < 4.78 is 5.30. The topological polar surface area (TPSA) is 58.8 Å². The zero-order valence-electron chi connectivity index (χ0n) is 11.5. The van der Waals surface area contributed by atoms with Crippen LogP contribution in [0, 0.1) is 5.92 Å². The highest BCUT2D eigenvalue weighted by molar-refractivity contribution is 7.80. The smallest absolute Gasteiger partial charge is 0.225 e. The van der Waals surface area contributed by atoms with E-state index in [-0.39, 0.29) is 12.0 Å². The average molecular weight is 285 g/mol. The van der Waals surface area contributed by atoms with Gasteiger partial charge in [-0.3, -0.25) is 9.69 Å². The summed E-state index contributed by atoms with van der Waals surface area (Å²) in [6.45, 7) is 6.73. The van der Waals surface area contributed by atoms with Gasteiger partial charge in [0.25, 0.3) is 0 Å². The van der Waals surface area contributed by atoms with Gasteiger partial charge in [-0.15, -0.1) is 0 Å². The number of amides is 1. The zero-order valence-corrected chi connectivity index (χ0v) is 12.3. The van der Waals surface area contributed by atoms with Crippen LogP contribution in [0.15, 0.2) is 0 Å². The van der Waals surface area contributed by atoms with Crippen LogP contribution in [-0.2, 0) is 9.53 Å². The molecule has 0 spiro atoms. The van der Waals surface area contributed by atoms with E-state index >= 15 is 0 Å². The molecule has 2 fully saturated rings. The van der Waals surface area contributed by atoms with Gasteiger partial charge in [-0.25, -0.2) is 0 Å². The molecule has 0 bridgehead atoms. The van der Waals surface area contributed by atoms with Crippen LogP contribution < -0.4 is 5.73 Å². The fraction of sp³-hybridized carbons (Fsp3) is 0.846. The third kappa shape index (κ3) is 3.64. The molecular weight excluding hydrogens is 262 g/mol. The predicted molar refractivity (Wildman–Crippen MR) is 77.9 cm³/mol. The maximum Gasteiger partial charge on any atom is 0.225 e. The third-order valence-electron chi connectivity index (χ3n) is 4.16. The van der Waals surface area contributed by atoms with Crippen molar-refractivity contribution in [1.82, 2.24) is 9.80 Å². The molecule has 108 valence electrons. The summed E-state index contributed by atoms with van der Waals surface area (Å²) >= 11 is 5.02. The van der Waals surface area contributed by atoms with Gasteiger partial charge in [0.05, 0.1) is 11.0 Å². The number of hydrogen-bond acceptors (Lipinski definition) is 4. The fourth-order valence-electron chi connectivity index (χ4n) is 2.71. The lowest BCUT2D eigenvalue weighted by molar-refractivity contribution is -0.140. The Morgan fingerprint density at radius 3 is 2.37 bits per heavy atom. The number of rotatable bonds is 3. The summed E-state index contributed by atoms with van der Waals surface area (Å²) in [5.74, 6) is 0.458. The second kappa shape index (κ2) is 6.63. The van der Waals surface area contributed by atoms with Gasteiger partial charge in [0, 0.05) is 45.3 Å². The van der Waals surface area contributed by atoms with Crippen LogP contribution >= 0.6 is 12.2 Å². The number of piperazine rings is 1. The highest BCUT2D eigenvalue weighted by Crippen LogP contribution is 2.19. The van der Waals surface area contributed by atoms with Gasteiger partial charge in [-0.1, -0.05) is 12.2 Å². The van der Waals surface area contributed by atoms with Crippen molar-refractivity contribution in [3.63, 3.8) is 0 Å². The molecule has 0 aromatic carbocycles. The standard InChI is InChI=1S/C13H23N3O2S/c1-10(12(14)19)15-4-6-16(7-5-15)13(17)11-2-8-18-9-3-11/h10-11H,2-9H2,1H3,(H2,14,19). The Morgan fingerprint density at radius 2 is 1.84 bits per heavy atom. The third-order valence-corrected chi connectivity index (χ3v) is 4.50. The molecule has 2 aliphatic rings. The molecule has 0 radical (unpaired) electrons. The molecule has 0 saturated carbocycles. The Bertz CT molecular complexity index is 337. The number of ether oxygens (including phenoxy) is 1. The van der Waals surface area contributed by atoms with Crippen molar-refractivity contribution in [2.45, 2.75) is 25.8 Å². The van der Waals surface area contributed by atoms with E-state index in [1.165, 1.54) is 0 Å². The van der Waals surface area contributed by atoms with Gasteiger partial charge < -0.3 is 15.4 Å². The molecule has 5 nitrogen and oxygen atoms in total. The SMILES string of the molecule is CC(C(N)=S)N1CCN(C(=O)C2CCOCC2)CC1. The van der Waals surface area contributed by atoms with Crippen LogP contribution in [0.25, 0.3) is 0 Å². The molecule has 1 amide bonds. The average Bonchev–Trinajstić information content (AvgIpc) is 2.46. The Kier molecular flexibility index (Phi) is 5.13. The van der Waals surface area contributed by atoms with E-state index in [9.17, 15) is 4.79 Å². The molecular formula is C13H23N3O2S. The molecule has 2 heterocycles. The Labute approximate surface area is 120 Å². The van der Waals surface area contributed by atoms with Gasteiger partial charge in [0.15, 0.2) is 0 Å². The number of thiocarbonyl (C=S) groups is 1. The number of nitrogens with two attached hydrogens (primary N) is 1. The van der Waals surface area contributed by atoms with Crippen LogP contribution in [0.2, 0.25) is 0 Å². The molecule has 6 heteroatoms. The molecule has 2 rings (SSSR count). The predicted octanol–water partition coefficient (Wildman–Crippen LogP) is 0.232. The van der Waals surface area contributed by atoms with Gasteiger partial charge in [-0.05, 0) is 19.8 Å². The largest absolute Gasteiger partial charge is 0.392 e. The van der Waals surface area contributed by atoms with Gasteiger partial charge in [-0.2, -0.15) is 0 Å². The normalized spacial score (nSPS) is 24.2. The Morgan fingerprint density at radius 1 is 1.26 bits per heavy atom. The summed E-state index contributed by atoms with van der Waals surface area (Å²) in [7, 11) is 0. The molecule has 2 aliphatic heterocycles. The highest BCUT2D eigenvalue weighted by atomic mass is 32.1. The van der Waals surface area contributed by atoms with Crippen LogP contribution in [0.4, 0.5) is 0 Å². The number of carbonyl (C=O) groups excluding carboxylic acids is 1. The van der Waals surface area contributed by atoms with Gasteiger partial charge >= 0.3 is 0 Å². The summed E-state index contributed by atoms with van der Waals surface area (Å²) in [6.07, 6.45) is 1.73. The highest BCUT2D eigenvalue weighted by Gasteiger charge is 2.30. The van der Waals surface area contributed by atoms with Crippen LogP contribution in [0.3, 0.4) is 0 Å². The molecule has 1 unspecified atom stereocenters. The van der Waals surface area contributed by atoms with Crippen molar-refractivity contribution in [3.8, 4) is 0 Å². The molecule has 0 aromatic heterocycles. The number of hydrogen-bond donors (Lipinski definition) is 1. The quantitative estimate of drug-likeness (QED) is 0.752. The first-order chi connectivity index (χ1) is 9.09. The first-order valence-corrected chi connectivity index (χ1v) is 7.40. The van der Waals surface area contributed by atoms with Crippen molar-refractivity contribution in [1.29, 1.82) is 0 Å². The van der Waals surface area contributed by atoms with Crippen molar-refractivity contribution in [2.75, 3.05) is 39.4 Å². The summed E-state index contributed by atoms with van der Waals surface area (Å²) in [5, 5.41) is 0. The van der Waals surface area contributed by atoms with Crippen LogP contribution in [-0.4, -0.2) is 66.1 Å². The summed E-state index contributed by atoms with van der Waals surface area (Å²) in [6, 6.07) is 0.121. The Hall–Kier alpha value is -0.720. The summed E-state index contributed by atoms with van der Waals surface area (Å²) in [4.78, 5) is 17.1. The monoisotopic (exact) mass is 285 g/mol. The maximum absolute atomic E-state index is 12.4. The molecule has 2 saturated heterocycles. The molecule has 19 heavy (non-hydrogen) atoms. The van der Waals surface area contributed by atoms with Crippen molar-refractivity contribution < 1.29 is 9.53 Å². The van der Waals surface area contributed by atoms with Crippen LogP contribution in [0.5, 0.6) is 0 Å². The van der Waals surface area contributed by atoms with E-state index in [4.69, 9.17) is 22.7 Å².